The van der Waals surface area contributed by atoms with Crippen molar-refractivity contribution in [2.45, 2.75) is 32.6 Å². The van der Waals surface area contributed by atoms with Crippen LogP contribution in [0.5, 0.6) is 0 Å². The third-order valence-electron chi connectivity index (χ3n) is 3.54. The zero-order valence-corrected chi connectivity index (χ0v) is 11.3. The molecule has 1 aliphatic carbocycles. The summed E-state index contributed by atoms with van der Waals surface area (Å²) >= 11 is 0. The van der Waals surface area contributed by atoms with E-state index in [9.17, 15) is 14.4 Å². The molecule has 0 spiro atoms. The predicted octanol–water partition coefficient (Wildman–Crippen LogP) is 0.803. The van der Waals surface area contributed by atoms with Crippen LogP contribution in [0.15, 0.2) is 0 Å². The van der Waals surface area contributed by atoms with Gasteiger partial charge in [-0.15, -0.1) is 0 Å². The van der Waals surface area contributed by atoms with Gasteiger partial charge in [0.15, 0.2) is 0 Å². The molecule has 1 amide bonds. The Morgan fingerprint density at radius 2 is 1.89 bits per heavy atom. The fraction of sp³-hybridized carbons (Fsp3) is 0.769. The maximum Gasteiger partial charge on any atom is 0.307 e. The van der Waals surface area contributed by atoms with E-state index >= 15 is 0 Å². The van der Waals surface area contributed by atoms with Gasteiger partial charge in [-0.3, -0.25) is 14.4 Å². The smallest absolute Gasteiger partial charge is 0.307 e. The monoisotopic (exact) mass is 271 g/mol. The van der Waals surface area contributed by atoms with Crippen molar-refractivity contribution < 1.29 is 24.2 Å². The van der Waals surface area contributed by atoms with E-state index < -0.39 is 17.8 Å². The molecule has 0 aromatic heterocycles. The van der Waals surface area contributed by atoms with Crippen molar-refractivity contribution in [1.29, 1.82) is 0 Å². The van der Waals surface area contributed by atoms with Crippen molar-refractivity contribution in [3.05, 3.63) is 0 Å². The third-order valence-corrected chi connectivity index (χ3v) is 3.54. The molecule has 0 saturated heterocycles. The average Bonchev–Trinajstić information content (AvgIpc) is 2.76. The van der Waals surface area contributed by atoms with Crippen molar-refractivity contribution in [3.8, 4) is 0 Å². The number of aliphatic carboxylic acids is 1. The highest BCUT2D eigenvalue weighted by atomic mass is 16.5. The van der Waals surface area contributed by atoms with E-state index in [2.05, 4.69) is 10.1 Å². The highest BCUT2D eigenvalue weighted by molar-refractivity contribution is 5.85. The first-order valence-corrected chi connectivity index (χ1v) is 6.53. The van der Waals surface area contributed by atoms with Crippen LogP contribution in [0.1, 0.15) is 32.6 Å². The van der Waals surface area contributed by atoms with E-state index in [0.29, 0.717) is 25.8 Å². The zero-order chi connectivity index (χ0) is 14.4. The van der Waals surface area contributed by atoms with Gasteiger partial charge in [-0.1, -0.05) is 6.92 Å². The first-order chi connectivity index (χ1) is 8.95. The lowest BCUT2D eigenvalue weighted by Crippen LogP contribution is -2.35. The second kappa shape index (κ2) is 7.11. The molecular weight excluding hydrogens is 250 g/mol. The quantitative estimate of drug-likeness (QED) is 0.550. The summed E-state index contributed by atoms with van der Waals surface area (Å²) in [6.07, 6.45) is 1.91. The molecule has 0 bridgehead atoms. The molecule has 1 saturated carbocycles. The van der Waals surface area contributed by atoms with Crippen LogP contribution >= 0.6 is 0 Å². The Bertz CT molecular complexity index is 355. The summed E-state index contributed by atoms with van der Waals surface area (Å²) in [4.78, 5) is 33.9. The molecule has 3 atom stereocenters. The van der Waals surface area contributed by atoms with Gasteiger partial charge in [0.25, 0.3) is 0 Å². The molecule has 19 heavy (non-hydrogen) atoms. The zero-order valence-electron chi connectivity index (χ0n) is 11.3. The Hall–Kier alpha value is -1.59. The summed E-state index contributed by atoms with van der Waals surface area (Å²) in [7, 11) is 1.32. The Morgan fingerprint density at radius 3 is 2.47 bits per heavy atom. The van der Waals surface area contributed by atoms with E-state index in [4.69, 9.17) is 5.11 Å². The lowest BCUT2D eigenvalue weighted by molar-refractivity contribution is -0.146. The van der Waals surface area contributed by atoms with E-state index in [1.54, 1.807) is 0 Å². The molecule has 0 aromatic rings. The lowest BCUT2D eigenvalue weighted by atomic mass is 9.95. The number of carboxylic acid groups (broad SMARTS) is 1. The number of hydrogen-bond acceptors (Lipinski definition) is 4. The summed E-state index contributed by atoms with van der Waals surface area (Å²) in [5.41, 5.74) is 0. The lowest BCUT2D eigenvalue weighted by Gasteiger charge is -2.15. The second-order valence-corrected chi connectivity index (χ2v) is 5.10. The summed E-state index contributed by atoms with van der Waals surface area (Å²) < 4.78 is 4.49. The molecule has 2 N–H and O–H groups in total. The van der Waals surface area contributed by atoms with Gasteiger partial charge >= 0.3 is 11.9 Å². The van der Waals surface area contributed by atoms with Gasteiger partial charge in [-0.2, -0.15) is 0 Å². The van der Waals surface area contributed by atoms with E-state index in [-0.39, 0.29) is 24.2 Å². The maximum absolute atomic E-state index is 11.9. The van der Waals surface area contributed by atoms with Crippen molar-refractivity contribution in [1.82, 2.24) is 5.32 Å². The first-order valence-electron chi connectivity index (χ1n) is 6.53. The van der Waals surface area contributed by atoms with Gasteiger partial charge in [-0.05, 0) is 25.2 Å². The molecule has 0 aliphatic heterocycles. The molecule has 1 rings (SSSR count). The number of carbonyl (C=O) groups is 3. The number of nitrogens with one attached hydrogen (secondary N) is 1. The average molecular weight is 271 g/mol. The minimum absolute atomic E-state index is 0.221. The third kappa shape index (κ3) is 4.54. The van der Waals surface area contributed by atoms with Crippen LogP contribution in [-0.4, -0.2) is 36.6 Å². The Balaban J connectivity index is 2.36. The molecule has 1 unspecified atom stereocenters. The standard InChI is InChI=1S/C13H21NO5/c1-8-6-9(10(7-8)13(17)18)12(16)14-5-3-4-11(15)19-2/h8-10H,3-7H2,1-2H3,(H,14,16)(H,17,18)/t8?,9-,10+/m0/s1. The molecule has 6 heteroatoms. The molecular formula is C13H21NO5. The first kappa shape index (κ1) is 15.5. The summed E-state index contributed by atoms with van der Waals surface area (Å²) in [6, 6.07) is 0. The predicted molar refractivity (Wildman–Crippen MR) is 67.3 cm³/mol. The molecule has 0 heterocycles. The molecule has 1 aliphatic rings. The highest BCUT2D eigenvalue weighted by Gasteiger charge is 2.40. The number of carboxylic acids is 1. The van der Waals surface area contributed by atoms with Gasteiger partial charge in [0.1, 0.15) is 0 Å². The van der Waals surface area contributed by atoms with Gasteiger partial charge < -0.3 is 15.2 Å². The normalized spacial score (nSPS) is 25.9. The molecule has 108 valence electrons. The van der Waals surface area contributed by atoms with Crippen LogP contribution in [0.3, 0.4) is 0 Å². The van der Waals surface area contributed by atoms with E-state index in [1.165, 1.54) is 7.11 Å². The maximum atomic E-state index is 11.9. The van der Waals surface area contributed by atoms with Crippen LogP contribution in [0.2, 0.25) is 0 Å². The van der Waals surface area contributed by atoms with Crippen LogP contribution in [-0.2, 0) is 19.1 Å². The fourth-order valence-electron chi connectivity index (χ4n) is 2.53. The van der Waals surface area contributed by atoms with Crippen LogP contribution in [0, 0.1) is 17.8 Å². The molecule has 0 radical (unpaired) electrons. The Kier molecular flexibility index (Phi) is 5.79. The Morgan fingerprint density at radius 1 is 1.26 bits per heavy atom. The minimum atomic E-state index is -0.904. The van der Waals surface area contributed by atoms with E-state index in [1.807, 2.05) is 6.92 Å². The number of esters is 1. The van der Waals surface area contributed by atoms with Crippen LogP contribution < -0.4 is 5.32 Å². The molecule has 0 aromatic carbocycles. The highest BCUT2D eigenvalue weighted by Crippen LogP contribution is 2.36. The molecule has 1 fully saturated rings. The Labute approximate surface area is 112 Å². The number of rotatable bonds is 6. The van der Waals surface area contributed by atoms with Gasteiger partial charge in [-0.25, -0.2) is 0 Å². The second-order valence-electron chi connectivity index (χ2n) is 5.10. The minimum Gasteiger partial charge on any atom is -0.481 e. The number of carbonyl (C=O) groups excluding carboxylic acids is 2. The van der Waals surface area contributed by atoms with Gasteiger partial charge in [0.2, 0.25) is 5.91 Å². The molecule has 6 nitrogen and oxygen atoms in total. The number of ether oxygens (including phenoxy) is 1. The van der Waals surface area contributed by atoms with Crippen molar-refractivity contribution in [2.75, 3.05) is 13.7 Å². The van der Waals surface area contributed by atoms with Gasteiger partial charge in [0, 0.05) is 13.0 Å². The topological polar surface area (TPSA) is 92.7 Å². The number of methoxy groups -OCH3 is 1. The van der Waals surface area contributed by atoms with Crippen molar-refractivity contribution in [3.63, 3.8) is 0 Å². The van der Waals surface area contributed by atoms with Crippen LogP contribution in [0.4, 0.5) is 0 Å². The van der Waals surface area contributed by atoms with E-state index in [0.717, 1.165) is 0 Å². The summed E-state index contributed by atoms with van der Waals surface area (Å²) in [5.74, 6) is -2.22. The largest absolute Gasteiger partial charge is 0.481 e. The van der Waals surface area contributed by atoms with Crippen LogP contribution in [0.25, 0.3) is 0 Å². The summed E-state index contributed by atoms with van der Waals surface area (Å²) in [5, 5.41) is 11.8. The van der Waals surface area contributed by atoms with Crippen molar-refractivity contribution in [2.24, 2.45) is 17.8 Å². The van der Waals surface area contributed by atoms with Crippen molar-refractivity contribution >= 4 is 17.8 Å². The fourth-order valence-corrected chi connectivity index (χ4v) is 2.53. The number of hydrogen-bond donors (Lipinski definition) is 2. The number of amides is 1. The van der Waals surface area contributed by atoms with Gasteiger partial charge in [0.05, 0.1) is 18.9 Å². The SMILES string of the molecule is COC(=O)CCCNC(=O)[C@H]1CC(C)C[C@H]1C(=O)O. The summed E-state index contributed by atoms with van der Waals surface area (Å²) in [6.45, 7) is 2.33.